The molecule has 1 aliphatic carbocycles. The Morgan fingerprint density at radius 2 is 1.58 bits per heavy atom. The summed E-state index contributed by atoms with van der Waals surface area (Å²) in [6.07, 6.45) is 11.3. The van der Waals surface area contributed by atoms with Crippen LogP contribution in [0.1, 0.15) is 95.4 Å². The molecule has 2 unspecified atom stereocenters. The zero-order valence-electron chi connectivity index (χ0n) is 26.2. The first-order chi connectivity index (χ1) is 20.6. The van der Waals surface area contributed by atoms with Crippen LogP contribution in [0.2, 0.25) is 0 Å². The van der Waals surface area contributed by atoms with Crippen LogP contribution in [-0.2, 0) is 16.6 Å². The third kappa shape index (κ3) is 6.66. The lowest BCUT2D eigenvalue weighted by atomic mass is 9.83. The molecule has 1 saturated carbocycles. The van der Waals surface area contributed by atoms with Gasteiger partial charge in [0.25, 0.3) is 0 Å². The van der Waals surface area contributed by atoms with Crippen molar-refractivity contribution in [1.82, 2.24) is 14.7 Å². The van der Waals surface area contributed by atoms with E-state index in [0.717, 1.165) is 62.0 Å². The molecule has 3 amide bonds. The Morgan fingerprint density at radius 1 is 0.884 bits per heavy atom. The van der Waals surface area contributed by atoms with Crippen molar-refractivity contribution in [3.05, 3.63) is 71.4 Å². The van der Waals surface area contributed by atoms with E-state index < -0.39 is 0 Å². The van der Waals surface area contributed by atoms with Gasteiger partial charge in [-0.25, -0.2) is 9.48 Å². The van der Waals surface area contributed by atoms with Crippen LogP contribution in [0.15, 0.2) is 54.6 Å². The number of nitrogens with one attached hydrogen (secondary N) is 2. The maximum absolute atomic E-state index is 13.4. The van der Waals surface area contributed by atoms with Crippen LogP contribution >= 0.6 is 0 Å². The van der Waals surface area contributed by atoms with E-state index >= 15 is 0 Å². The van der Waals surface area contributed by atoms with Crippen molar-refractivity contribution in [3.8, 4) is 5.69 Å². The molecule has 3 heterocycles. The minimum absolute atomic E-state index is 0.157. The predicted octanol–water partition coefficient (Wildman–Crippen LogP) is 8.01. The fourth-order valence-electron chi connectivity index (χ4n) is 7.48. The van der Waals surface area contributed by atoms with Gasteiger partial charge in [-0.3, -0.25) is 10.1 Å². The molecule has 2 aromatic carbocycles. The second-order valence-corrected chi connectivity index (χ2v) is 14.2. The number of urea groups is 1. The van der Waals surface area contributed by atoms with E-state index in [0.29, 0.717) is 29.7 Å². The summed E-state index contributed by atoms with van der Waals surface area (Å²) in [7, 11) is 0. The number of hydrogen-bond acceptors (Lipinski definition) is 3. The van der Waals surface area contributed by atoms with Gasteiger partial charge in [0.1, 0.15) is 5.82 Å². The Labute approximate surface area is 256 Å². The Balaban J connectivity index is 1.09. The van der Waals surface area contributed by atoms with Crippen molar-refractivity contribution in [1.29, 1.82) is 0 Å². The zero-order valence-corrected chi connectivity index (χ0v) is 26.2. The molecular weight excluding hydrogens is 534 g/mol. The summed E-state index contributed by atoms with van der Waals surface area (Å²) in [5.41, 5.74) is 4.83. The maximum Gasteiger partial charge on any atom is 0.324 e. The molecule has 2 N–H and O–H groups in total. The highest BCUT2D eigenvalue weighted by molar-refractivity contribution is 5.99. The van der Waals surface area contributed by atoms with Crippen molar-refractivity contribution in [2.24, 2.45) is 11.8 Å². The van der Waals surface area contributed by atoms with Crippen LogP contribution in [0, 0.1) is 18.8 Å². The van der Waals surface area contributed by atoms with E-state index in [1.807, 2.05) is 42.5 Å². The summed E-state index contributed by atoms with van der Waals surface area (Å²) in [6, 6.07) is 18.8. The van der Waals surface area contributed by atoms with Crippen LogP contribution in [-0.4, -0.2) is 38.7 Å². The van der Waals surface area contributed by atoms with E-state index in [2.05, 4.69) is 55.4 Å². The van der Waals surface area contributed by atoms with E-state index in [-0.39, 0.29) is 17.4 Å². The molecule has 7 nitrogen and oxygen atoms in total. The number of carbonyl (C=O) groups is 2. The molecule has 6 rings (SSSR count). The van der Waals surface area contributed by atoms with Crippen molar-refractivity contribution in [2.75, 3.05) is 10.6 Å². The van der Waals surface area contributed by atoms with Crippen molar-refractivity contribution in [3.63, 3.8) is 0 Å². The number of nitrogens with zero attached hydrogens (tertiary/aromatic N) is 3. The van der Waals surface area contributed by atoms with Crippen molar-refractivity contribution < 1.29 is 9.59 Å². The molecule has 3 aliphatic rings. The lowest BCUT2D eigenvalue weighted by Gasteiger charge is -2.41. The highest BCUT2D eigenvalue weighted by Gasteiger charge is 2.44. The Bertz CT molecular complexity index is 1430. The standard InChI is InChI=1S/C36H47N5O2/c1-24-13-15-29(16-14-24)41-33(23-32(39-41)36(2,3)4)38-35(43)37-28-12-8-9-25(20-28)19-26-21-30-17-18-31(22-26)40(30)34(42)27-10-6-5-7-11-27/h8-9,12-16,20,23,26-27,30-31H,5-7,10-11,17-19,21-22H2,1-4H3,(H2,37,38,43). The first-order valence-electron chi connectivity index (χ1n) is 16.3. The molecule has 2 saturated heterocycles. The molecule has 0 radical (unpaired) electrons. The van der Waals surface area contributed by atoms with Crippen LogP contribution in [0.25, 0.3) is 5.69 Å². The van der Waals surface area contributed by atoms with Crippen LogP contribution in [0.5, 0.6) is 0 Å². The number of carbonyl (C=O) groups excluding carboxylic acids is 2. The molecule has 2 bridgehead atoms. The number of benzene rings is 2. The summed E-state index contributed by atoms with van der Waals surface area (Å²) in [5.74, 6) is 1.91. The SMILES string of the molecule is Cc1ccc(-n2nc(C(C)(C)C)cc2NC(=O)Nc2cccc(CC3CC4CCC(C3)N4C(=O)C3CCCCC3)c2)cc1. The van der Waals surface area contributed by atoms with Crippen molar-refractivity contribution in [2.45, 2.75) is 109 Å². The van der Waals surface area contributed by atoms with E-state index in [4.69, 9.17) is 5.10 Å². The van der Waals surface area contributed by atoms with Gasteiger partial charge in [0.2, 0.25) is 5.91 Å². The highest BCUT2D eigenvalue weighted by Crippen LogP contribution is 2.42. The monoisotopic (exact) mass is 581 g/mol. The summed E-state index contributed by atoms with van der Waals surface area (Å²) in [4.78, 5) is 28.9. The molecule has 3 aromatic rings. The van der Waals surface area contributed by atoms with Gasteiger partial charge in [-0.15, -0.1) is 0 Å². The number of aryl methyl sites for hydroxylation is 1. The van der Waals surface area contributed by atoms with Crippen LogP contribution < -0.4 is 10.6 Å². The van der Waals surface area contributed by atoms with Gasteiger partial charge in [-0.2, -0.15) is 5.10 Å². The fraction of sp³-hybridized carbons (Fsp3) is 0.528. The third-order valence-electron chi connectivity index (χ3n) is 9.75. The first kappa shape index (κ1) is 29.5. The molecule has 228 valence electrons. The molecule has 7 heteroatoms. The Morgan fingerprint density at radius 3 is 2.26 bits per heavy atom. The average Bonchev–Trinajstić information content (AvgIpc) is 3.52. The lowest BCUT2D eigenvalue weighted by molar-refractivity contribution is -0.141. The first-order valence-corrected chi connectivity index (χ1v) is 16.3. The van der Waals surface area contributed by atoms with E-state index in [1.165, 1.54) is 30.4 Å². The third-order valence-corrected chi connectivity index (χ3v) is 9.75. The van der Waals surface area contributed by atoms with Gasteiger partial charge in [0.15, 0.2) is 0 Å². The number of amides is 3. The number of piperidine rings is 1. The lowest BCUT2D eigenvalue weighted by Crippen LogP contribution is -2.49. The molecule has 3 fully saturated rings. The Kier molecular flexibility index (Phi) is 8.34. The molecule has 0 spiro atoms. The number of hydrogen-bond donors (Lipinski definition) is 2. The zero-order chi connectivity index (χ0) is 30.1. The van der Waals surface area contributed by atoms with Gasteiger partial charge in [-0.1, -0.05) is 69.9 Å². The number of rotatable bonds is 6. The summed E-state index contributed by atoms with van der Waals surface area (Å²) in [6.45, 7) is 8.41. The molecule has 2 aliphatic heterocycles. The molecular formula is C36H47N5O2. The fourth-order valence-corrected chi connectivity index (χ4v) is 7.48. The normalized spacial score (nSPS) is 22.4. The van der Waals surface area contributed by atoms with Gasteiger partial charge in [0, 0.05) is 35.2 Å². The second-order valence-electron chi connectivity index (χ2n) is 14.2. The van der Waals surface area contributed by atoms with Gasteiger partial charge >= 0.3 is 6.03 Å². The summed E-state index contributed by atoms with van der Waals surface area (Å²) in [5, 5.41) is 10.9. The topological polar surface area (TPSA) is 79.3 Å². The number of fused-ring (bicyclic) bond motifs is 2. The maximum atomic E-state index is 13.4. The summed E-state index contributed by atoms with van der Waals surface area (Å²) >= 11 is 0. The largest absolute Gasteiger partial charge is 0.336 e. The predicted molar refractivity (Wildman–Crippen MR) is 173 cm³/mol. The van der Waals surface area contributed by atoms with Gasteiger partial charge in [0.05, 0.1) is 11.4 Å². The van der Waals surface area contributed by atoms with Crippen molar-refractivity contribution >= 4 is 23.4 Å². The van der Waals surface area contributed by atoms with E-state index in [1.54, 1.807) is 4.68 Å². The van der Waals surface area contributed by atoms with E-state index in [9.17, 15) is 9.59 Å². The van der Waals surface area contributed by atoms with Gasteiger partial charge < -0.3 is 10.2 Å². The molecule has 43 heavy (non-hydrogen) atoms. The highest BCUT2D eigenvalue weighted by atomic mass is 16.2. The quantitative estimate of drug-likeness (QED) is 0.309. The average molecular weight is 582 g/mol. The van der Waals surface area contributed by atoms with Crippen LogP contribution in [0.3, 0.4) is 0 Å². The molecule has 1 aromatic heterocycles. The minimum atomic E-state index is -0.293. The van der Waals surface area contributed by atoms with Crippen LogP contribution in [0.4, 0.5) is 16.3 Å². The number of aromatic nitrogens is 2. The molecule has 2 atom stereocenters. The van der Waals surface area contributed by atoms with Gasteiger partial charge in [-0.05, 0) is 87.6 Å². The Hall–Kier alpha value is -3.61. The minimum Gasteiger partial charge on any atom is -0.336 e. The second kappa shape index (κ2) is 12.2. The summed E-state index contributed by atoms with van der Waals surface area (Å²) < 4.78 is 1.80. The number of anilines is 2. The smallest absolute Gasteiger partial charge is 0.324 e.